The van der Waals surface area contributed by atoms with Gasteiger partial charge in [-0.2, -0.15) is 0 Å². The molecule has 0 spiro atoms. The first kappa shape index (κ1) is 13.6. The van der Waals surface area contributed by atoms with Crippen LogP contribution in [0.3, 0.4) is 0 Å². The molecule has 3 N–H and O–H groups in total. The third-order valence-electron chi connectivity index (χ3n) is 2.26. The molecule has 0 amide bonds. The SMILES string of the molecule is CS(=O)(=O)c1cc(F)cc(C(CN)C(=O)O)c1. The van der Waals surface area contributed by atoms with Gasteiger partial charge in [0.25, 0.3) is 0 Å². The maximum atomic E-state index is 13.2. The van der Waals surface area contributed by atoms with Crippen LogP contribution >= 0.6 is 0 Å². The molecule has 0 aromatic heterocycles. The van der Waals surface area contributed by atoms with Crippen molar-refractivity contribution in [1.82, 2.24) is 0 Å². The number of carboxylic acid groups (broad SMARTS) is 1. The highest BCUT2D eigenvalue weighted by Crippen LogP contribution is 2.21. The van der Waals surface area contributed by atoms with Crippen LogP contribution in [0.2, 0.25) is 0 Å². The van der Waals surface area contributed by atoms with Crippen LogP contribution in [-0.4, -0.2) is 32.3 Å². The minimum Gasteiger partial charge on any atom is -0.481 e. The van der Waals surface area contributed by atoms with E-state index < -0.39 is 27.5 Å². The van der Waals surface area contributed by atoms with Gasteiger partial charge in [-0.3, -0.25) is 4.79 Å². The third-order valence-corrected chi connectivity index (χ3v) is 3.35. The Morgan fingerprint density at radius 1 is 1.47 bits per heavy atom. The minimum absolute atomic E-state index is 0.0421. The topological polar surface area (TPSA) is 97.5 Å². The molecule has 0 aliphatic carbocycles. The Morgan fingerprint density at radius 2 is 2.06 bits per heavy atom. The number of nitrogens with two attached hydrogens (primary N) is 1. The molecule has 0 aliphatic heterocycles. The number of sulfone groups is 1. The van der Waals surface area contributed by atoms with Crippen molar-refractivity contribution in [3.8, 4) is 0 Å². The largest absolute Gasteiger partial charge is 0.481 e. The van der Waals surface area contributed by atoms with E-state index in [2.05, 4.69) is 0 Å². The zero-order valence-corrected chi connectivity index (χ0v) is 9.87. The van der Waals surface area contributed by atoms with Crippen LogP contribution < -0.4 is 5.73 Å². The molecule has 94 valence electrons. The van der Waals surface area contributed by atoms with Gasteiger partial charge >= 0.3 is 5.97 Å². The van der Waals surface area contributed by atoms with Gasteiger partial charge in [0.2, 0.25) is 0 Å². The predicted molar refractivity (Wildman–Crippen MR) is 58.9 cm³/mol. The molecule has 1 aromatic rings. The molecular weight excluding hydrogens is 249 g/mol. The van der Waals surface area contributed by atoms with E-state index in [1.54, 1.807) is 0 Å². The molecule has 5 nitrogen and oxygen atoms in total. The number of carboxylic acids is 1. The summed E-state index contributed by atoms with van der Waals surface area (Å²) in [7, 11) is -3.59. The molecule has 7 heteroatoms. The van der Waals surface area contributed by atoms with E-state index in [1.807, 2.05) is 0 Å². The normalized spacial score (nSPS) is 13.4. The summed E-state index contributed by atoms with van der Waals surface area (Å²) in [4.78, 5) is 10.6. The first-order chi connectivity index (χ1) is 7.75. The summed E-state index contributed by atoms with van der Waals surface area (Å²) < 4.78 is 35.8. The molecule has 1 rings (SSSR count). The Bertz CT molecular complexity index is 541. The lowest BCUT2D eigenvalue weighted by atomic mass is 9.99. The highest BCUT2D eigenvalue weighted by Gasteiger charge is 2.21. The number of hydrogen-bond donors (Lipinski definition) is 2. The van der Waals surface area contributed by atoms with Gasteiger partial charge in [-0.1, -0.05) is 0 Å². The van der Waals surface area contributed by atoms with Gasteiger partial charge < -0.3 is 10.8 Å². The monoisotopic (exact) mass is 261 g/mol. The van der Waals surface area contributed by atoms with Crippen LogP contribution in [0.15, 0.2) is 23.1 Å². The average Bonchev–Trinajstić information content (AvgIpc) is 2.15. The second-order valence-corrected chi connectivity index (χ2v) is 5.63. The molecule has 1 atom stereocenters. The maximum absolute atomic E-state index is 13.2. The van der Waals surface area contributed by atoms with E-state index in [9.17, 15) is 17.6 Å². The lowest BCUT2D eigenvalue weighted by Crippen LogP contribution is -2.21. The molecule has 1 unspecified atom stereocenters. The zero-order valence-electron chi connectivity index (χ0n) is 9.05. The van der Waals surface area contributed by atoms with Crippen LogP contribution in [0.25, 0.3) is 0 Å². The van der Waals surface area contributed by atoms with E-state index in [1.165, 1.54) is 0 Å². The molecular formula is C10H12FNO4S. The highest BCUT2D eigenvalue weighted by molar-refractivity contribution is 7.90. The molecule has 0 heterocycles. The molecule has 1 aromatic carbocycles. The van der Waals surface area contributed by atoms with Gasteiger partial charge in [0.1, 0.15) is 5.82 Å². The Kier molecular flexibility index (Phi) is 3.84. The standard InChI is InChI=1S/C10H12FNO4S/c1-17(15,16)8-3-6(2-7(11)4-8)9(5-12)10(13)14/h2-4,9H,5,12H2,1H3,(H,13,14). The Morgan fingerprint density at radius 3 is 2.47 bits per heavy atom. The van der Waals surface area contributed by atoms with Crippen LogP contribution in [0, 0.1) is 5.82 Å². The lowest BCUT2D eigenvalue weighted by Gasteiger charge is -2.11. The maximum Gasteiger partial charge on any atom is 0.312 e. The number of rotatable bonds is 4. The van der Waals surface area contributed by atoms with Crippen molar-refractivity contribution in [2.24, 2.45) is 5.73 Å². The smallest absolute Gasteiger partial charge is 0.312 e. The van der Waals surface area contributed by atoms with Crippen molar-refractivity contribution in [2.45, 2.75) is 10.8 Å². The molecule has 0 bridgehead atoms. The molecule has 0 fully saturated rings. The summed E-state index contributed by atoms with van der Waals surface area (Å²) in [6, 6.07) is 2.94. The summed E-state index contributed by atoms with van der Waals surface area (Å²) in [5.41, 5.74) is 5.30. The number of carbonyl (C=O) groups is 1. The van der Waals surface area contributed by atoms with Crippen molar-refractivity contribution in [3.63, 3.8) is 0 Å². The van der Waals surface area contributed by atoms with E-state index in [0.29, 0.717) is 0 Å². The van der Waals surface area contributed by atoms with Crippen LogP contribution in [0.1, 0.15) is 11.5 Å². The van der Waals surface area contributed by atoms with E-state index in [0.717, 1.165) is 24.5 Å². The second-order valence-electron chi connectivity index (χ2n) is 3.62. The highest BCUT2D eigenvalue weighted by atomic mass is 32.2. The van der Waals surface area contributed by atoms with Crippen molar-refractivity contribution < 1.29 is 22.7 Å². The number of benzene rings is 1. The molecule has 0 saturated carbocycles. The fourth-order valence-corrected chi connectivity index (χ4v) is 2.06. The van der Waals surface area contributed by atoms with E-state index in [-0.39, 0.29) is 17.0 Å². The van der Waals surface area contributed by atoms with Gasteiger partial charge in [0.15, 0.2) is 9.84 Å². The Hall–Kier alpha value is -1.47. The van der Waals surface area contributed by atoms with Gasteiger partial charge in [-0.15, -0.1) is 0 Å². The molecule has 0 saturated heterocycles. The first-order valence-corrected chi connectivity index (χ1v) is 6.58. The lowest BCUT2D eigenvalue weighted by molar-refractivity contribution is -0.138. The average molecular weight is 261 g/mol. The summed E-state index contributed by atoms with van der Waals surface area (Å²) in [5, 5.41) is 8.86. The Balaban J connectivity index is 3.36. The van der Waals surface area contributed by atoms with Gasteiger partial charge in [-0.25, -0.2) is 12.8 Å². The van der Waals surface area contributed by atoms with Crippen molar-refractivity contribution in [3.05, 3.63) is 29.6 Å². The fourth-order valence-electron chi connectivity index (χ4n) is 1.38. The summed E-state index contributed by atoms with van der Waals surface area (Å²) in [6.45, 7) is -0.234. The quantitative estimate of drug-likeness (QED) is 0.815. The van der Waals surface area contributed by atoms with Gasteiger partial charge in [0.05, 0.1) is 10.8 Å². The zero-order chi connectivity index (χ0) is 13.2. The van der Waals surface area contributed by atoms with E-state index in [4.69, 9.17) is 10.8 Å². The summed E-state index contributed by atoms with van der Waals surface area (Å²) in [5.74, 6) is -3.15. The van der Waals surface area contributed by atoms with Crippen molar-refractivity contribution in [2.75, 3.05) is 12.8 Å². The molecule has 0 aliphatic rings. The van der Waals surface area contributed by atoms with Crippen LogP contribution in [-0.2, 0) is 14.6 Å². The molecule has 0 radical (unpaired) electrons. The van der Waals surface area contributed by atoms with Crippen molar-refractivity contribution >= 4 is 15.8 Å². The number of aliphatic carboxylic acids is 1. The third kappa shape index (κ3) is 3.24. The first-order valence-electron chi connectivity index (χ1n) is 4.69. The summed E-state index contributed by atoms with van der Waals surface area (Å²) in [6.07, 6.45) is 0.920. The number of hydrogen-bond acceptors (Lipinski definition) is 4. The van der Waals surface area contributed by atoms with Gasteiger partial charge in [-0.05, 0) is 23.8 Å². The number of halogens is 1. The van der Waals surface area contributed by atoms with Gasteiger partial charge in [0, 0.05) is 12.8 Å². The Labute approximate surface area is 98.0 Å². The van der Waals surface area contributed by atoms with Crippen molar-refractivity contribution in [1.29, 1.82) is 0 Å². The van der Waals surface area contributed by atoms with E-state index >= 15 is 0 Å². The second kappa shape index (κ2) is 4.80. The minimum atomic E-state index is -3.59. The predicted octanol–water partition coefficient (Wildman–Crippen LogP) is 0.356. The van der Waals surface area contributed by atoms with Crippen LogP contribution in [0.5, 0.6) is 0 Å². The summed E-state index contributed by atoms with van der Waals surface area (Å²) >= 11 is 0. The fraction of sp³-hybridized carbons (Fsp3) is 0.300. The molecule has 17 heavy (non-hydrogen) atoms. The van der Waals surface area contributed by atoms with Crippen LogP contribution in [0.4, 0.5) is 4.39 Å².